The first kappa shape index (κ1) is 24.4. The van der Waals surface area contributed by atoms with Crippen LogP contribution in [0.2, 0.25) is 0 Å². The second-order valence-corrected chi connectivity index (χ2v) is 8.41. The van der Waals surface area contributed by atoms with Crippen molar-refractivity contribution in [2.45, 2.75) is 54.0 Å². The summed E-state index contributed by atoms with van der Waals surface area (Å²) in [6.07, 6.45) is 0.785. The minimum atomic E-state index is -0.182. The monoisotopic (exact) mass is 423 g/mol. The maximum Gasteiger partial charge on any atom is 0.244 e. The van der Waals surface area contributed by atoms with Gasteiger partial charge in [0.2, 0.25) is 11.8 Å². The zero-order valence-electron chi connectivity index (χ0n) is 17.9. The van der Waals surface area contributed by atoms with Crippen LogP contribution < -0.4 is 5.32 Å². The van der Waals surface area contributed by atoms with Gasteiger partial charge in [-0.2, -0.15) is 0 Å². The van der Waals surface area contributed by atoms with Crippen LogP contribution in [0.4, 0.5) is 5.69 Å². The Bertz CT molecular complexity index is 690. The fraction of sp³-hybridized carbons (Fsp3) is 0.571. The standard InChI is InChI=1S/C21H33N3O2S2/c1-7-16(5)24(20(26)14-28-21(27)23(8-2)9-3)13-19(25)22-18-12-10-11-15(4)17(18)6/h10-12,16H,7-9,13-14H2,1-6H3,(H,22,25)/t16-/m1/s1. The van der Waals surface area contributed by atoms with E-state index < -0.39 is 0 Å². The van der Waals surface area contributed by atoms with Gasteiger partial charge in [0, 0.05) is 24.8 Å². The largest absolute Gasteiger partial charge is 0.358 e. The van der Waals surface area contributed by atoms with Crippen molar-refractivity contribution in [2.24, 2.45) is 0 Å². The minimum absolute atomic E-state index is 0.0144. The predicted molar refractivity (Wildman–Crippen MR) is 124 cm³/mol. The number of thioether (sulfide) groups is 1. The van der Waals surface area contributed by atoms with Gasteiger partial charge >= 0.3 is 0 Å². The average molecular weight is 424 g/mol. The molecule has 7 heteroatoms. The van der Waals surface area contributed by atoms with Crippen LogP contribution in [0.5, 0.6) is 0 Å². The zero-order valence-corrected chi connectivity index (χ0v) is 19.5. The molecule has 1 aromatic carbocycles. The van der Waals surface area contributed by atoms with Crippen LogP contribution in [0.15, 0.2) is 18.2 Å². The summed E-state index contributed by atoms with van der Waals surface area (Å²) < 4.78 is 0.724. The Labute approximate surface area is 179 Å². The highest BCUT2D eigenvalue weighted by molar-refractivity contribution is 8.23. The SMILES string of the molecule is CC[C@@H](C)N(CC(=O)Nc1cccc(C)c1C)C(=O)CSC(=S)N(CC)CC. The molecule has 156 valence electrons. The van der Waals surface area contributed by atoms with Crippen molar-refractivity contribution in [2.75, 3.05) is 30.7 Å². The Kier molecular flexibility index (Phi) is 10.5. The topological polar surface area (TPSA) is 52.7 Å². The number of hydrogen-bond donors (Lipinski definition) is 1. The van der Waals surface area contributed by atoms with Crippen molar-refractivity contribution in [3.63, 3.8) is 0 Å². The number of aryl methyl sites for hydroxylation is 1. The maximum absolute atomic E-state index is 12.8. The second kappa shape index (κ2) is 12.1. The fourth-order valence-corrected chi connectivity index (χ4v) is 4.01. The summed E-state index contributed by atoms with van der Waals surface area (Å²) in [5.41, 5.74) is 2.95. The lowest BCUT2D eigenvalue weighted by Gasteiger charge is -2.29. The Hall–Kier alpha value is -1.60. The van der Waals surface area contributed by atoms with E-state index >= 15 is 0 Å². The molecule has 0 radical (unpaired) electrons. The molecule has 28 heavy (non-hydrogen) atoms. The third-order valence-corrected chi connectivity index (χ3v) is 6.48. The van der Waals surface area contributed by atoms with Gasteiger partial charge in [0.25, 0.3) is 0 Å². The number of thiocarbonyl (C=S) groups is 1. The molecule has 0 spiro atoms. The number of nitrogens with zero attached hydrogens (tertiary/aromatic N) is 2. The second-order valence-electron chi connectivity index (χ2n) is 6.80. The Morgan fingerprint density at radius 1 is 1.18 bits per heavy atom. The summed E-state index contributed by atoms with van der Waals surface area (Å²) >= 11 is 6.78. The smallest absolute Gasteiger partial charge is 0.244 e. The van der Waals surface area contributed by atoms with Gasteiger partial charge in [0.15, 0.2) is 0 Å². The maximum atomic E-state index is 12.8. The van der Waals surface area contributed by atoms with Crippen molar-refractivity contribution in [1.82, 2.24) is 9.80 Å². The molecule has 0 saturated carbocycles. The van der Waals surface area contributed by atoms with Gasteiger partial charge in [-0.15, -0.1) is 0 Å². The molecule has 1 atom stereocenters. The molecule has 5 nitrogen and oxygen atoms in total. The van der Waals surface area contributed by atoms with E-state index in [9.17, 15) is 9.59 Å². The van der Waals surface area contributed by atoms with Gasteiger partial charge in [-0.3, -0.25) is 9.59 Å². The molecule has 1 aromatic rings. The summed E-state index contributed by atoms with van der Waals surface area (Å²) in [6, 6.07) is 5.80. The van der Waals surface area contributed by atoms with E-state index in [1.807, 2.05) is 64.6 Å². The number of benzene rings is 1. The predicted octanol–water partition coefficient (Wildman–Crippen LogP) is 4.23. The first-order chi connectivity index (χ1) is 13.2. The molecule has 2 amide bonds. The summed E-state index contributed by atoms with van der Waals surface area (Å²) in [4.78, 5) is 29.1. The number of carbonyl (C=O) groups excluding carboxylic acids is 2. The van der Waals surface area contributed by atoms with Crippen molar-refractivity contribution in [1.29, 1.82) is 0 Å². The third-order valence-electron chi connectivity index (χ3n) is 4.98. The number of rotatable bonds is 9. The highest BCUT2D eigenvalue weighted by atomic mass is 32.2. The Balaban J connectivity index is 2.76. The molecule has 0 aliphatic carbocycles. The molecule has 0 fully saturated rings. The molecule has 0 aliphatic heterocycles. The van der Waals surface area contributed by atoms with E-state index in [1.165, 1.54) is 11.8 Å². The molecule has 0 saturated heterocycles. The number of carbonyl (C=O) groups is 2. The van der Waals surface area contributed by atoms with E-state index in [1.54, 1.807) is 4.90 Å². The van der Waals surface area contributed by atoms with Crippen LogP contribution in [0, 0.1) is 13.8 Å². The van der Waals surface area contributed by atoms with Crippen molar-refractivity contribution >= 4 is 45.8 Å². The summed E-state index contributed by atoms with van der Waals surface area (Å²) in [5, 5.41) is 2.94. The molecule has 0 aromatic heterocycles. The number of anilines is 1. The Morgan fingerprint density at radius 2 is 1.82 bits per heavy atom. The van der Waals surface area contributed by atoms with Crippen LogP contribution >= 0.6 is 24.0 Å². The fourth-order valence-electron chi connectivity index (χ4n) is 2.72. The van der Waals surface area contributed by atoms with Crippen LogP contribution in [-0.2, 0) is 9.59 Å². The normalized spacial score (nSPS) is 11.6. The summed E-state index contributed by atoms with van der Waals surface area (Å²) in [5.74, 6) is -0.000175. The molecule has 0 aliphatic rings. The molecule has 0 bridgehead atoms. The molecular formula is C21H33N3O2S2. The van der Waals surface area contributed by atoms with Crippen LogP contribution in [0.25, 0.3) is 0 Å². The van der Waals surface area contributed by atoms with E-state index in [2.05, 4.69) is 5.32 Å². The Morgan fingerprint density at radius 3 is 2.39 bits per heavy atom. The third kappa shape index (κ3) is 7.09. The lowest BCUT2D eigenvalue weighted by Crippen LogP contribution is -2.44. The average Bonchev–Trinajstić information content (AvgIpc) is 2.68. The van der Waals surface area contributed by atoms with Crippen molar-refractivity contribution in [3.8, 4) is 0 Å². The highest BCUT2D eigenvalue weighted by Gasteiger charge is 2.23. The number of hydrogen-bond acceptors (Lipinski definition) is 4. The lowest BCUT2D eigenvalue weighted by molar-refractivity contribution is -0.134. The van der Waals surface area contributed by atoms with Gasteiger partial charge in [0.1, 0.15) is 10.9 Å². The first-order valence-corrected chi connectivity index (χ1v) is 11.2. The van der Waals surface area contributed by atoms with Gasteiger partial charge in [-0.05, 0) is 58.2 Å². The van der Waals surface area contributed by atoms with E-state index in [0.29, 0.717) is 0 Å². The van der Waals surface area contributed by atoms with Crippen molar-refractivity contribution < 1.29 is 9.59 Å². The number of nitrogens with one attached hydrogen (secondary N) is 1. The quantitative estimate of drug-likeness (QED) is 0.603. The summed E-state index contributed by atoms with van der Waals surface area (Å²) in [7, 11) is 0. The lowest BCUT2D eigenvalue weighted by atomic mass is 10.1. The van der Waals surface area contributed by atoms with Gasteiger partial charge < -0.3 is 15.1 Å². The molecule has 0 unspecified atom stereocenters. The van der Waals surface area contributed by atoms with Crippen molar-refractivity contribution in [3.05, 3.63) is 29.3 Å². The molecule has 0 heterocycles. The first-order valence-electron chi connectivity index (χ1n) is 9.82. The molecule has 1 rings (SSSR count). The minimum Gasteiger partial charge on any atom is -0.358 e. The van der Waals surface area contributed by atoms with Crippen LogP contribution in [0.3, 0.4) is 0 Å². The van der Waals surface area contributed by atoms with Gasteiger partial charge in [-0.1, -0.05) is 43.0 Å². The zero-order chi connectivity index (χ0) is 21.3. The van der Waals surface area contributed by atoms with E-state index in [-0.39, 0.29) is 30.2 Å². The van der Waals surface area contributed by atoms with Crippen LogP contribution in [-0.4, -0.2) is 57.4 Å². The molecule has 1 N–H and O–H groups in total. The van der Waals surface area contributed by atoms with E-state index in [4.69, 9.17) is 12.2 Å². The van der Waals surface area contributed by atoms with Gasteiger partial charge in [0.05, 0.1) is 5.75 Å². The highest BCUT2D eigenvalue weighted by Crippen LogP contribution is 2.18. The number of amides is 2. The summed E-state index contributed by atoms with van der Waals surface area (Å²) in [6.45, 7) is 13.7. The van der Waals surface area contributed by atoms with Gasteiger partial charge in [-0.25, -0.2) is 0 Å². The van der Waals surface area contributed by atoms with E-state index in [0.717, 1.165) is 40.6 Å². The molecular weight excluding hydrogens is 390 g/mol. The van der Waals surface area contributed by atoms with Crippen LogP contribution in [0.1, 0.15) is 45.2 Å².